The molecule has 0 aliphatic carbocycles. The molecular formula is C16H21NO4. The minimum Gasteiger partial charge on any atom is -0.511 e. The molecule has 114 valence electrons. The lowest BCUT2D eigenvalue weighted by atomic mass is 10.1. The van der Waals surface area contributed by atoms with Crippen LogP contribution in [-0.2, 0) is 9.53 Å². The Hall–Kier alpha value is -2.30. The van der Waals surface area contributed by atoms with Crippen molar-refractivity contribution in [3.8, 4) is 5.75 Å². The number of nitrogens with zero attached hydrogens (tertiary/aromatic N) is 1. The second-order valence-corrected chi connectivity index (χ2v) is 4.29. The lowest BCUT2D eigenvalue weighted by molar-refractivity contribution is -0.138. The summed E-state index contributed by atoms with van der Waals surface area (Å²) in [7, 11) is 1.57. The van der Waals surface area contributed by atoms with Crippen molar-refractivity contribution in [2.45, 2.75) is 26.7 Å². The van der Waals surface area contributed by atoms with Gasteiger partial charge in [0.1, 0.15) is 17.1 Å². The maximum Gasteiger partial charge on any atom is 0.343 e. The first kappa shape index (κ1) is 16.8. The molecule has 5 heteroatoms. The molecular weight excluding hydrogens is 270 g/mol. The standard InChI is InChI=1S/C16H21NO4/c1-4-7-15(18)14(16(19)21-5-2)11-17-12-8-6-9-13(10-12)20-3/h6,8-11,18H,4-5,7H2,1-3H3/b15-14-,17-11?. The minimum atomic E-state index is -0.574. The Balaban J connectivity index is 3.02. The molecule has 0 radical (unpaired) electrons. The molecule has 1 aromatic carbocycles. The molecule has 0 saturated carbocycles. The fraction of sp³-hybridized carbons (Fsp3) is 0.375. The van der Waals surface area contributed by atoms with E-state index in [-0.39, 0.29) is 17.9 Å². The van der Waals surface area contributed by atoms with Gasteiger partial charge in [0.25, 0.3) is 0 Å². The van der Waals surface area contributed by atoms with Gasteiger partial charge in [0, 0.05) is 18.7 Å². The first-order valence-electron chi connectivity index (χ1n) is 6.89. The zero-order valence-corrected chi connectivity index (χ0v) is 12.6. The number of benzene rings is 1. The van der Waals surface area contributed by atoms with E-state index in [2.05, 4.69) is 4.99 Å². The molecule has 0 atom stereocenters. The number of ether oxygens (including phenoxy) is 2. The van der Waals surface area contributed by atoms with Crippen molar-refractivity contribution in [3.63, 3.8) is 0 Å². The monoisotopic (exact) mass is 291 g/mol. The van der Waals surface area contributed by atoms with Crippen molar-refractivity contribution in [2.75, 3.05) is 13.7 Å². The lowest BCUT2D eigenvalue weighted by Gasteiger charge is -2.06. The van der Waals surface area contributed by atoms with Gasteiger partial charge in [0.05, 0.1) is 19.4 Å². The van der Waals surface area contributed by atoms with Gasteiger partial charge in [-0.05, 0) is 25.5 Å². The number of hydrogen-bond donors (Lipinski definition) is 1. The largest absolute Gasteiger partial charge is 0.511 e. The number of allylic oxidation sites excluding steroid dienone is 1. The van der Waals surface area contributed by atoms with Crippen molar-refractivity contribution in [2.24, 2.45) is 4.99 Å². The summed E-state index contributed by atoms with van der Waals surface area (Å²) < 4.78 is 10.0. The van der Waals surface area contributed by atoms with Crippen LogP contribution in [0, 0.1) is 0 Å². The summed E-state index contributed by atoms with van der Waals surface area (Å²) in [4.78, 5) is 16.0. The SMILES string of the molecule is CCC/C(O)=C(\C=Nc1cccc(OC)c1)C(=O)OCC. The van der Waals surface area contributed by atoms with Gasteiger partial charge >= 0.3 is 5.97 Å². The second kappa shape index (κ2) is 8.79. The molecule has 0 amide bonds. The Labute approximate surface area is 124 Å². The number of hydrogen-bond acceptors (Lipinski definition) is 5. The number of carbonyl (C=O) groups excluding carboxylic acids is 1. The van der Waals surface area contributed by atoms with Gasteiger partial charge in [-0.1, -0.05) is 13.0 Å². The van der Waals surface area contributed by atoms with Gasteiger partial charge in [-0.25, -0.2) is 4.79 Å². The molecule has 0 aromatic heterocycles. The number of aliphatic hydroxyl groups is 1. The van der Waals surface area contributed by atoms with Gasteiger partial charge in [0.15, 0.2) is 0 Å². The van der Waals surface area contributed by atoms with Crippen LogP contribution in [0.2, 0.25) is 0 Å². The number of esters is 1. The van der Waals surface area contributed by atoms with Gasteiger partial charge in [-0.3, -0.25) is 4.99 Å². The number of aliphatic hydroxyl groups excluding tert-OH is 1. The molecule has 0 fully saturated rings. The van der Waals surface area contributed by atoms with Crippen LogP contribution in [0.3, 0.4) is 0 Å². The minimum absolute atomic E-state index is 0.0115. The van der Waals surface area contributed by atoms with Gasteiger partial charge < -0.3 is 14.6 Å². The molecule has 1 rings (SSSR count). The number of methoxy groups -OCH3 is 1. The van der Waals surface area contributed by atoms with Crippen molar-refractivity contribution in [1.82, 2.24) is 0 Å². The summed E-state index contributed by atoms with van der Waals surface area (Å²) in [6.07, 6.45) is 2.46. The lowest BCUT2D eigenvalue weighted by Crippen LogP contribution is -2.11. The third-order valence-electron chi connectivity index (χ3n) is 2.69. The van der Waals surface area contributed by atoms with E-state index in [1.807, 2.05) is 6.92 Å². The van der Waals surface area contributed by atoms with Crippen LogP contribution >= 0.6 is 0 Å². The summed E-state index contributed by atoms with van der Waals surface area (Å²) in [5, 5.41) is 9.95. The average Bonchev–Trinajstić information content (AvgIpc) is 2.48. The zero-order chi connectivity index (χ0) is 15.7. The highest BCUT2D eigenvalue weighted by molar-refractivity contribution is 6.10. The van der Waals surface area contributed by atoms with E-state index >= 15 is 0 Å². The maximum absolute atomic E-state index is 11.8. The highest BCUT2D eigenvalue weighted by Crippen LogP contribution is 2.20. The van der Waals surface area contributed by atoms with E-state index in [0.717, 1.165) is 6.42 Å². The second-order valence-electron chi connectivity index (χ2n) is 4.29. The Bertz CT molecular complexity index is 535. The summed E-state index contributed by atoms with van der Waals surface area (Å²) >= 11 is 0. The molecule has 1 N–H and O–H groups in total. The first-order chi connectivity index (χ1) is 10.1. The van der Waals surface area contributed by atoms with Crippen molar-refractivity contribution in [1.29, 1.82) is 0 Å². The van der Waals surface area contributed by atoms with Gasteiger partial charge in [0.2, 0.25) is 0 Å². The van der Waals surface area contributed by atoms with Crippen molar-refractivity contribution in [3.05, 3.63) is 35.6 Å². The van der Waals surface area contributed by atoms with Crippen LogP contribution in [0.1, 0.15) is 26.7 Å². The van der Waals surface area contributed by atoms with Crippen LogP contribution in [0.4, 0.5) is 5.69 Å². The quantitative estimate of drug-likeness (QED) is 0.361. The highest BCUT2D eigenvalue weighted by Gasteiger charge is 2.14. The maximum atomic E-state index is 11.8. The number of rotatable bonds is 7. The van der Waals surface area contributed by atoms with E-state index in [0.29, 0.717) is 17.9 Å². The molecule has 0 bridgehead atoms. The molecule has 0 heterocycles. The average molecular weight is 291 g/mol. The third-order valence-corrected chi connectivity index (χ3v) is 2.69. The van der Waals surface area contributed by atoms with Gasteiger partial charge in [-0.15, -0.1) is 0 Å². The molecule has 21 heavy (non-hydrogen) atoms. The van der Waals surface area contributed by atoms with E-state index < -0.39 is 5.97 Å². The van der Waals surface area contributed by atoms with Crippen LogP contribution in [0.25, 0.3) is 0 Å². The Kier molecular flexibility index (Phi) is 7.01. The fourth-order valence-electron chi connectivity index (χ4n) is 1.66. The van der Waals surface area contributed by atoms with E-state index in [1.165, 1.54) is 6.21 Å². The summed E-state index contributed by atoms with van der Waals surface area (Å²) in [6, 6.07) is 7.11. The van der Waals surface area contributed by atoms with Crippen LogP contribution in [-0.4, -0.2) is 31.0 Å². The number of carbonyl (C=O) groups is 1. The third kappa shape index (κ3) is 5.30. The highest BCUT2D eigenvalue weighted by atomic mass is 16.5. The van der Waals surface area contributed by atoms with Crippen molar-refractivity contribution < 1.29 is 19.4 Å². The molecule has 1 aromatic rings. The van der Waals surface area contributed by atoms with E-state index in [1.54, 1.807) is 38.3 Å². The molecule has 0 unspecified atom stereocenters. The Morgan fingerprint density at radius 3 is 2.76 bits per heavy atom. The van der Waals surface area contributed by atoms with Crippen molar-refractivity contribution >= 4 is 17.9 Å². The number of aliphatic imine (C=N–C) groups is 1. The summed E-state index contributed by atoms with van der Waals surface area (Å²) in [6.45, 7) is 3.87. The van der Waals surface area contributed by atoms with Crippen LogP contribution in [0.15, 0.2) is 40.6 Å². The van der Waals surface area contributed by atoms with E-state index in [9.17, 15) is 9.90 Å². The Morgan fingerprint density at radius 1 is 1.38 bits per heavy atom. The fourth-order valence-corrected chi connectivity index (χ4v) is 1.66. The first-order valence-corrected chi connectivity index (χ1v) is 6.89. The molecule has 0 spiro atoms. The normalized spacial score (nSPS) is 12.1. The molecule has 0 saturated heterocycles. The van der Waals surface area contributed by atoms with E-state index in [4.69, 9.17) is 9.47 Å². The van der Waals surface area contributed by atoms with Crippen LogP contribution < -0.4 is 4.74 Å². The topological polar surface area (TPSA) is 68.1 Å². The van der Waals surface area contributed by atoms with Gasteiger partial charge in [-0.2, -0.15) is 0 Å². The zero-order valence-electron chi connectivity index (χ0n) is 12.6. The predicted octanol–water partition coefficient (Wildman–Crippen LogP) is 3.57. The molecule has 0 aliphatic heterocycles. The van der Waals surface area contributed by atoms with Crippen LogP contribution in [0.5, 0.6) is 5.75 Å². The Morgan fingerprint density at radius 2 is 2.14 bits per heavy atom. The predicted molar refractivity (Wildman–Crippen MR) is 82.3 cm³/mol. The summed E-state index contributed by atoms with van der Waals surface area (Å²) in [5.41, 5.74) is 0.710. The molecule has 0 aliphatic rings. The molecule has 5 nitrogen and oxygen atoms in total. The smallest absolute Gasteiger partial charge is 0.343 e. The summed E-state index contributed by atoms with van der Waals surface area (Å²) in [5.74, 6) is 0.0850.